The number of aromatic nitrogens is 1. The maximum absolute atomic E-state index is 11.8. The Morgan fingerprint density at radius 1 is 1.04 bits per heavy atom. The minimum absolute atomic E-state index is 0.117. The zero-order chi connectivity index (χ0) is 16.8. The summed E-state index contributed by atoms with van der Waals surface area (Å²) in [5.41, 5.74) is 3.55. The van der Waals surface area contributed by atoms with Gasteiger partial charge < -0.3 is 15.2 Å². The zero-order valence-corrected chi connectivity index (χ0v) is 14.0. The smallest absolute Gasteiger partial charge is 0.315 e. The van der Waals surface area contributed by atoms with Gasteiger partial charge in [-0.25, -0.2) is 4.79 Å². The van der Waals surface area contributed by atoms with E-state index in [-0.39, 0.29) is 6.03 Å². The van der Waals surface area contributed by atoms with E-state index in [2.05, 4.69) is 64.7 Å². The average molecular weight is 321 g/mol. The summed E-state index contributed by atoms with van der Waals surface area (Å²) in [4.78, 5) is 11.8. The van der Waals surface area contributed by atoms with E-state index < -0.39 is 0 Å². The summed E-state index contributed by atoms with van der Waals surface area (Å²) in [6.45, 7) is 4.15. The Morgan fingerprint density at radius 2 is 1.92 bits per heavy atom. The van der Waals surface area contributed by atoms with Gasteiger partial charge in [0, 0.05) is 31.3 Å². The third-order valence-corrected chi connectivity index (χ3v) is 4.08. The van der Waals surface area contributed by atoms with Crippen LogP contribution in [0.25, 0.3) is 10.9 Å². The van der Waals surface area contributed by atoms with Gasteiger partial charge in [-0.2, -0.15) is 0 Å². The first-order chi connectivity index (χ1) is 11.7. The van der Waals surface area contributed by atoms with Gasteiger partial charge in [0.1, 0.15) is 0 Å². The number of nitrogens with zero attached hydrogens (tertiary/aromatic N) is 1. The van der Waals surface area contributed by atoms with Gasteiger partial charge in [0.15, 0.2) is 0 Å². The van der Waals surface area contributed by atoms with Crippen LogP contribution in [-0.2, 0) is 13.1 Å². The number of rotatable bonds is 6. The third-order valence-electron chi connectivity index (χ3n) is 4.08. The lowest BCUT2D eigenvalue weighted by molar-refractivity contribution is 0.240. The van der Waals surface area contributed by atoms with E-state index in [4.69, 9.17) is 0 Å². The van der Waals surface area contributed by atoms with Crippen LogP contribution in [0.3, 0.4) is 0 Å². The van der Waals surface area contributed by atoms with Crippen LogP contribution in [-0.4, -0.2) is 17.1 Å². The summed E-state index contributed by atoms with van der Waals surface area (Å²) in [5.74, 6) is 0. The summed E-state index contributed by atoms with van der Waals surface area (Å²) in [6, 6.07) is 18.5. The SMILES string of the molecule is Cc1cccc(CNC(=O)NCCCn2ccc3ccccc32)c1. The maximum atomic E-state index is 11.8. The zero-order valence-electron chi connectivity index (χ0n) is 14.0. The van der Waals surface area contributed by atoms with E-state index >= 15 is 0 Å². The highest BCUT2D eigenvalue weighted by molar-refractivity contribution is 5.79. The van der Waals surface area contributed by atoms with Crippen LogP contribution < -0.4 is 10.6 Å². The maximum Gasteiger partial charge on any atom is 0.315 e. The number of para-hydroxylation sites is 1. The van der Waals surface area contributed by atoms with Crippen molar-refractivity contribution >= 4 is 16.9 Å². The van der Waals surface area contributed by atoms with Gasteiger partial charge in [-0.05, 0) is 36.4 Å². The van der Waals surface area contributed by atoms with Gasteiger partial charge in [-0.1, -0.05) is 48.0 Å². The Hall–Kier alpha value is -2.75. The molecule has 1 heterocycles. The molecule has 0 radical (unpaired) electrons. The quantitative estimate of drug-likeness (QED) is 0.666. The highest BCUT2D eigenvalue weighted by atomic mass is 16.2. The number of aryl methyl sites for hydroxylation is 2. The fourth-order valence-electron chi connectivity index (χ4n) is 2.85. The first-order valence-corrected chi connectivity index (χ1v) is 8.33. The molecule has 0 fully saturated rings. The van der Waals surface area contributed by atoms with Crippen molar-refractivity contribution in [2.45, 2.75) is 26.4 Å². The summed E-state index contributed by atoms with van der Waals surface area (Å²) < 4.78 is 2.22. The molecule has 4 heteroatoms. The predicted octanol–water partition coefficient (Wildman–Crippen LogP) is 3.84. The van der Waals surface area contributed by atoms with Gasteiger partial charge in [0.2, 0.25) is 0 Å². The van der Waals surface area contributed by atoms with E-state index in [9.17, 15) is 4.79 Å². The van der Waals surface area contributed by atoms with Crippen molar-refractivity contribution in [3.05, 3.63) is 71.9 Å². The molecule has 0 spiro atoms. The van der Waals surface area contributed by atoms with Crippen molar-refractivity contribution in [2.24, 2.45) is 0 Å². The fraction of sp³-hybridized carbons (Fsp3) is 0.250. The highest BCUT2D eigenvalue weighted by Gasteiger charge is 2.02. The van der Waals surface area contributed by atoms with Crippen LogP contribution in [0, 0.1) is 6.92 Å². The number of nitrogens with one attached hydrogen (secondary N) is 2. The molecule has 1 aromatic heterocycles. The van der Waals surface area contributed by atoms with Gasteiger partial charge >= 0.3 is 6.03 Å². The molecule has 0 saturated heterocycles. The summed E-state index contributed by atoms with van der Waals surface area (Å²) in [6.07, 6.45) is 3.00. The molecule has 0 saturated carbocycles. The van der Waals surface area contributed by atoms with E-state index in [1.165, 1.54) is 16.5 Å². The molecule has 3 aromatic rings. The lowest BCUT2D eigenvalue weighted by Crippen LogP contribution is -2.35. The van der Waals surface area contributed by atoms with Crippen molar-refractivity contribution in [3.63, 3.8) is 0 Å². The fourth-order valence-corrected chi connectivity index (χ4v) is 2.85. The number of fused-ring (bicyclic) bond motifs is 1. The van der Waals surface area contributed by atoms with Gasteiger partial charge in [0.05, 0.1) is 0 Å². The monoisotopic (exact) mass is 321 g/mol. The van der Waals surface area contributed by atoms with E-state index in [1.54, 1.807) is 0 Å². The molecule has 0 unspecified atom stereocenters. The second-order valence-electron chi connectivity index (χ2n) is 6.02. The molecule has 2 amide bonds. The van der Waals surface area contributed by atoms with Gasteiger partial charge in [-0.3, -0.25) is 0 Å². The van der Waals surface area contributed by atoms with Crippen LogP contribution >= 0.6 is 0 Å². The number of urea groups is 1. The molecule has 0 atom stereocenters. The Labute approximate surface area is 142 Å². The van der Waals surface area contributed by atoms with Crippen molar-refractivity contribution in [1.82, 2.24) is 15.2 Å². The molecule has 24 heavy (non-hydrogen) atoms. The lowest BCUT2D eigenvalue weighted by atomic mass is 10.1. The summed E-state index contributed by atoms with van der Waals surface area (Å²) in [5, 5.41) is 7.06. The largest absolute Gasteiger partial charge is 0.347 e. The minimum atomic E-state index is -0.117. The van der Waals surface area contributed by atoms with Crippen LogP contribution in [0.1, 0.15) is 17.5 Å². The first-order valence-electron chi connectivity index (χ1n) is 8.33. The molecule has 0 aliphatic carbocycles. The Morgan fingerprint density at radius 3 is 2.79 bits per heavy atom. The topological polar surface area (TPSA) is 46.1 Å². The molecule has 2 N–H and O–H groups in total. The predicted molar refractivity (Wildman–Crippen MR) is 98.0 cm³/mol. The van der Waals surface area contributed by atoms with Crippen LogP contribution in [0.5, 0.6) is 0 Å². The van der Waals surface area contributed by atoms with E-state index in [0.717, 1.165) is 18.5 Å². The first kappa shape index (κ1) is 16.1. The molecule has 0 aliphatic rings. The Bertz CT molecular complexity index is 822. The van der Waals surface area contributed by atoms with Crippen molar-refractivity contribution in [1.29, 1.82) is 0 Å². The van der Waals surface area contributed by atoms with E-state index in [0.29, 0.717) is 13.1 Å². The molecule has 124 valence electrons. The lowest BCUT2D eigenvalue weighted by Gasteiger charge is -2.09. The molecule has 0 bridgehead atoms. The molecular weight excluding hydrogens is 298 g/mol. The number of amides is 2. The molecule has 4 nitrogen and oxygen atoms in total. The second kappa shape index (κ2) is 7.68. The minimum Gasteiger partial charge on any atom is -0.347 e. The summed E-state index contributed by atoms with van der Waals surface area (Å²) in [7, 11) is 0. The van der Waals surface area contributed by atoms with Crippen LogP contribution in [0.2, 0.25) is 0 Å². The average Bonchev–Trinajstić information content (AvgIpc) is 3.00. The Kier molecular flexibility index (Phi) is 5.16. The van der Waals surface area contributed by atoms with Crippen LogP contribution in [0.15, 0.2) is 60.8 Å². The number of carbonyl (C=O) groups is 1. The normalized spacial score (nSPS) is 10.7. The number of carbonyl (C=O) groups excluding carboxylic acids is 1. The number of hydrogen-bond acceptors (Lipinski definition) is 1. The molecule has 0 aliphatic heterocycles. The van der Waals surface area contributed by atoms with Crippen LogP contribution in [0.4, 0.5) is 4.79 Å². The third kappa shape index (κ3) is 4.16. The molecule has 3 rings (SSSR count). The summed E-state index contributed by atoms with van der Waals surface area (Å²) >= 11 is 0. The van der Waals surface area contributed by atoms with Gasteiger partial charge in [0.25, 0.3) is 0 Å². The molecule has 2 aromatic carbocycles. The van der Waals surface area contributed by atoms with E-state index in [1.807, 2.05) is 18.2 Å². The standard InChI is InChI=1S/C20H23N3O/c1-16-6-4-7-17(14-16)15-22-20(24)21-11-5-12-23-13-10-18-8-2-3-9-19(18)23/h2-4,6-10,13-14H,5,11-12,15H2,1H3,(H2,21,22,24). The number of hydrogen-bond donors (Lipinski definition) is 2. The Balaban J connectivity index is 1.39. The van der Waals surface area contributed by atoms with Crippen molar-refractivity contribution in [2.75, 3.05) is 6.54 Å². The second-order valence-corrected chi connectivity index (χ2v) is 6.02. The van der Waals surface area contributed by atoms with Crippen molar-refractivity contribution < 1.29 is 4.79 Å². The number of benzene rings is 2. The van der Waals surface area contributed by atoms with Crippen molar-refractivity contribution in [3.8, 4) is 0 Å². The van der Waals surface area contributed by atoms with Gasteiger partial charge in [-0.15, -0.1) is 0 Å². The molecular formula is C20H23N3O. The highest BCUT2D eigenvalue weighted by Crippen LogP contribution is 2.15.